The number of ether oxygens (including phenoxy) is 2. The fourth-order valence-corrected chi connectivity index (χ4v) is 7.04. The lowest BCUT2D eigenvalue weighted by molar-refractivity contribution is -0.0345. The zero-order valence-electron chi connectivity index (χ0n) is 27.6. The predicted octanol–water partition coefficient (Wildman–Crippen LogP) is 4.58. The summed E-state index contributed by atoms with van der Waals surface area (Å²) in [4.78, 5) is 27.2. The van der Waals surface area contributed by atoms with Gasteiger partial charge in [-0.1, -0.05) is 19.9 Å². The number of hydrogen-bond donors (Lipinski definition) is 0. The molecular weight excluding hydrogens is 597 g/mol. The molecule has 3 heterocycles. The van der Waals surface area contributed by atoms with Gasteiger partial charge in [0.05, 0.1) is 12.2 Å². The van der Waals surface area contributed by atoms with Crippen LogP contribution in [-0.2, 0) is 4.74 Å². The minimum atomic E-state index is -0.0887. The Bertz CT molecular complexity index is 1260. The molecule has 1 spiro atoms. The molecular formula is C32H51ClN7O3P. The average Bonchev–Trinajstić information content (AvgIpc) is 3.41. The molecule has 1 aromatic heterocycles. The van der Waals surface area contributed by atoms with E-state index in [4.69, 9.17) is 21.1 Å². The first kappa shape index (κ1) is 34.8. The van der Waals surface area contributed by atoms with E-state index in [1.165, 1.54) is 12.8 Å². The summed E-state index contributed by atoms with van der Waals surface area (Å²) in [6.45, 7) is 17.9. The van der Waals surface area contributed by atoms with E-state index in [2.05, 4.69) is 60.0 Å². The van der Waals surface area contributed by atoms with E-state index in [1.54, 1.807) is 13.2 Å². The molecule has 2 saturated heterocycles. The highest BCUT2D eigenvalue weighted by atomic mass is 35.5. The second kappa shape index (κ2) is 15.5. The van der Waals surface area contributed by atoms with Crippen LogP contribution in [0.25, 0.3) is 0 Å². The topological polar surface area (TPSA) is 87.2 Å². The lowest BCUT2D eigenvalue weighted by Gasteiger charge is -2.53. The van der Waals surface area contributed by atoms with Gasteiger partial charge in [0.1, 0.15) is 5.75 Å². The van der Waals surface area contributed by atoms with Crippen LogP contribution >= 0.6 is 20.8 Å². The number of methoxy groups -OCH3 is 1. The predicted molar refractivity (Wildman–Crippen MR) is 181 cm³/mol. The second-order valence-electron chi connectivity index (χ2n) is 13.1. The lowest BCUT2D eigenvalue weighted by Crippen LogP contribution is -2.62. The van der Waals surface area contributed by atoms with Gasteiger partial charge in [-0.25, -0.2) is 0 Å². The van der Waals surface area contributed by atoms with E-state index < -0.39 is 0 Å². The molecule has 1 amide bonds. The first-order valence-electron chi connectivity index (χ1n) is 15.9. The van der Waals surface area contributed by atoms with Crippen LogP contribution in [-0.4, -0.2) is 114 Å². The lowest BCUT2D eigenvalue weighted by atomic mass is 9.76. The summed E-state index contributed by atoms with van der Waals surface area (Å²) < 4.78 is 11.6. The molecule has 2 atom stereocenters. The first-order chi connectivity index (χ1) is 21.0. The van der Waals surface area contributed by atoms with Crippen molar-refractivity contribution in [3.05, 3.63) is 29.0 Å². The molecule has 0 aliphatic carbocycles. The van der Waals surface area contributed by atoms with Crippen LogP contribution in [0.5, 0.6) is 11.6 Å². The van der Waals surface area contributed by atoms with Gasteiger partial charge < -0.3 is 24.2 Å². The number of likely N-dealkylation sites (tertiary alicyclic amines) is 1. The molecule has 0 N–H and O–H groups in total. The summed E-state index contributed by atoms with van der Waals surface area (Å²) in [5.41, 5.74) is 0.686. The van der Waals surface area contributed by atoms with Crippen LogP contribution in [0.1, 0.15) is 64.2 Å². The molecule has 2 fully saturated rings. The maximum Gasteiger partial charge on any atom is 0.282 e. The number of likely N-dealkylation sites (N-methyl/N-ethyl adjacent to an activating group) is 1. The molecule has 0 saturated carbocycles. The Morgan fingerprint density at radius 1 is 1.16 bits per heavy atom. The maximum absolute atomic E-state index is 13.5. The summed E-state index contributed by atoms with van der Waals surface area (Å²) >= 11 is 6.26. The SMILES string of the molecule is CCN(C(=O)c1cc(P)ccc1Oc1nnc(Cl)nc1N1CCC2(C1)CN(C(CCCN(C)CCOC)C(C)C)C2)C(C)C. The van der Waals surface area contributed by atoms with Crippen LogP contribution in [0.15, 0.2) is 18.2 Å². The molecule has 2 aliphatic heterocycles. The number of benzene rings is 1. The van der Waals surface area contributed by atoms with Crippen LogP contribution in [0.4, 0.5) is 5.82 Å². The largest absolute Gasteiger partial charge is 0.434 e. The smallest absolute Gasteiger partial charge is 0.282 e. The van der Waals surface area contributed by atoms with E-state index in [0.29, 0.717) is 35.6 Å². The molecule has 2 unspecified atom stereocenters. The molecule has 0 bridgehead atoms. The third kappa shape index (κ3) is 8.38. The van der Waals surface area contributed by atoms with Crippen molar-refractivity contribution in [2.45, 2.75) is 66.0 Å². The van der Waals surface area contributed by atoms with Crippen molar-refractivity contribution < 1.29 is 14.3 Å². The number of aromatic nitrogens is 3. The van der Waals surface area contributed by atoms with Crippen molar-refractivity contribution >= 4 is 37.9 Å². The third-order valence-corrected chi connectivity index (χ3v) is 9.57. The Morgan fingerprint density at radius 2 is 1.91 bits per heavy atom. The summed E-state index contributed by atoms with van der Waals surface area (Å²) in [6.07, 6.45) is 3.45. The van der Waals surface area contributed by atoms with Crippen molar-refractivity contribution in [3.8, 4) is 11.6 Å². The Balaban J connectivity index is 1.45. The third-order valence-electron chi connectivity index (χ3n) is 9.05. The number of halogens is 1. The quantitative estimate of drug-likeness (QED) is 0.258. The van der Waals surface area contributed by atoms with Crippen LogP contribution in [0.2, 0.25) is 5.28 Å². The monoisotopic (exact) mass is 647 g/mol. The van der Waals surface area contributed by atoms with Crippen molar-refractivity contribution in [3.63, 3.8) is 0 Å². The molecule has 1 aromatic carbocycles. The summed E-state index contributed by atoms with van der Waals surface area (Å²) in [7, 11) is 6.58. The summed E-state index contributed by atoms with van der Waals surface area (Å²) in [5, 5.41) is 9.28. The average molecular weight is 648 g/mol. The Kier molecular flexibility index (Phi) is 12.2. The van der Waals surface area contributed by atoms with E-state index in [0.717, 1.165) is 57.6 Å². The maximum atomic E-state index is 13.5. The van der Waals surface area contributed by atoms with E-state index in [1.807, 2.05) is 37.8 Å². The van der Waals surface area contributed by atoms with Crippen molar-refractivity contribution in [1.29, 1.82) is 0 Å². The van der Waals surface area contributed by atoms with Gasteiger partial charge in [0, 0.05) is 63.9 Å². The standard InChI is InChI=1S/C32H51ClN7O3P/c1-8-40(23(4)5)30(41)25-18-24(44)11-12-27(25)43-29-28(34-31(33)36-35-29)38-15-13-32(19-38)20-39(21-32)26(22(2)3)10-9-14-37(6)16-17-42-7/h11-12,18,22-23,26H,8-10,13-17,19-21,44H2,1-7H3. The van der Waals surface area contributed by atoms with Gasteiger partial charge in [0.25, 0.3) is 11.8 Å². The number of anilines is 1. The second-order valence-corrected chi connectivity index (χ2v) is 14.1. The molecule has 12 heteroatoms. The molecule has 0 radical (unpaired) electrons. The number of carbonyl (C=O) groups excluding carboxylic acids is 1. The zero-order chi connectivity index (χ0) is 32.0. The van der Waals surface area contributed by atoms with Gasteiger partial charge in [-0.05, 0) is 88.6 Å². The van der Waals surface area contributed by atoms with Crippen LogP contribution < -0.4 is 14.9 Å². The highest BCUT2D eigenvalue weighted by Gasteiger charge is 2.50. The molecule has 4 rings (SSSR count). The van der Waals surface area contributed by atoms with E-state index in [9.17, 15) is 4.79 Å². The van der Waals surface area contributed by atoms with Gasteiger partial charge in [-0.15, -0.1) is 19.4 Å². The minimum Gasteiger partial charge on any atom is -0.434 e. The van der Waals surface area contributed by atoms with Crippen LogP contribution in [0, 0.1) is 11.3 Å². The number of rotatable bonds is 15. The molecule has 2 aromatic rings. The van der Waals surface area contributed by atoms with Crippen molar-refractivity contribution in [2.75, 3.05) is 71.5 Å². The highest BCUT2D eigenvalue weighted by Crippen LogP contribution is 2.45. The van der Waals surface area contributed by atoms with Gasteiger partial charge in [0.2, 0.25) is 5.28 Å². The van der Waals surface area contributed by atoms with Crippen LogP contribution in [0.3, 0.4) is 0 Å². The fraction of sp³-hybridized carbons (Fsp3) is 0.688. The summed E-state index contributed by atoms with van der Waals surface area (Å²) in [6, 6.07) is 6.17. The van der Waals surface area contributed by atoms with Crippen molar-refractivity contribution in [2.24, 2.45) is 11.3 Å². The zero-order valence-corrected chi connectivity index (χ0v) is 29.5. The Hall–Kier alpha value is -2.10. The minimum absolute atomic E-state index is 0.0569. The number of carbonyl (C=O) groups is 1. The Labute approximate surface area is 271 Å². The summed E-state index contributed by atoms with van der Waals surface area (Å²) in [5.74, 6) is 1.77. The Morgan fingerprint density at radius 3 is 2.57 bits per heavy atom. The highest BCUT2D eigenvalue weighted by molar-refractivity contribution is 7.27. The number of nitrogens with zero attached hydrogens (tertiary/aromatic N) is 7. The fourth-order valence-electron chi connectivity index (χ4n) is 6.66. The molecule has 2 aliphatic rings. The molecule has 44 heavy (non-hydrogen) atoms. The normalized spacial score (nSPS) is 17.1. The van der Waals surface area contributed by atoms with Gasteiger partial charge in [-0.2, -0.15) is 4.98 Å². The number of amides is 1. The number of hydrogen-bond acceptors (Lipinski definition) is 9. The molecule has 10 nitrogen and oxygen atoms in total. The van der Waals surface area contributed by atoms with E-state index >= 15 is 0 Å². The van der Waals surface area contributed by atoms with Gasteiger partial charge in [0.15, 0.2) is 5.82 Å². The molecule has 244 valence electrons. The first-order valence-corrected chi connectivity index (χ1v) is 16.9. The van der Waals surface area contributed by atoms with Gasteiger partial charge in [-0.3, -0.25) is 9.69 Å². The van der Waals surface area contributed by atoms with Crippen molar-refractivity contribution in [1.82, 2.24) is 29.9 Å². The van der Waals surface area contributed by atoms with E-state index in [-0.39, 0.29) is 28.5 Å². The van der Waals surface area contributed by atoms with Gasteiger partial charge >= 0.3 is 0 Å².